The standard InChI is InChI=1S/C20H16FN3O4/c1-11-2-4-13(15(21)8-11)19(28)12-3-5-17(25)14(9-12)16-6-7-22-20(24-16)23-10-18(26)27/h2-9,25H,10H2,1H3,(H,26,27)(H,22,23,24). The van der Waals surface area contributed by atoms with Gasteiger partial charge in [0, 0.05) is 17.3 Å². The summed E-state index contributed by atoms with van der Waals surface area (Å²) in [6, 6.07) is 9.95. The molecule has 142 valence electrons. The average Bonchev–Trinajstić information content (AvgIpc) is 2.66. The summed E-state index contributed by atoms with van der Waals surface area (Å²) in [5.74, 6) is -2.31. The molecular formula is C20H16FN3O4. The van der Waals surface area contributed by atoms with Crippen molar-refractivity contribution in [3.8, 4) is 17.0 Å². The second kappa shape index (κ2) is 7.83. The number of benzene rings is 2. The van der Waals surface area contributed by atoms with Crippen molar-refractivity contribution in [1.29, 1.82) is 0 Å². The molecule has 7 nitrogen and oxygen atoms in total. The van der Waals surface area contributed by atoms with Gasteiger partial charge in [0.2, 0.25) is 5.95 Å². The molecule has 0 unspecified atom stereocenters. The summed E-state index contributed by atoms with van der Waals surface area (Å²) in [5.41, 5.74) is 1.31. The van der Waals surface area contributed by atoms with Crippen LogP contribution in [0.5, 0.6) is 5.75 Å². The molecule has 1 heterocycles. The van der Waals surface area contributed by atoms with Crippen molar-refractivity contribution >= 4 is 17.7 Å². The Hall–Kier alpha value is -3.81. The van der Waals surface area contributed by atoms with Crippen LogP contribution in [0.4, 0.5) is 10.3 Å². The van der Waals surface area contributed by atoms with E-state index in [1.807, 2.05) is 0 Å². The van der Waals surface area contributed by atoms with Crippen molar-refractivity contribution in [3.63, 3.8) is 0 Å². The van der Waals surface area contributed by atoms with Gasteiger partial charge in [-0.2, -0.15) is 0 Å². The zero-order chi connectivity index (χ0) is 20.3. The molecule has 0 spiro atoms. The van der Waals surface area contributed by atoms with Crippen LogP contribution in [-0.4, -0.2) is 38.5 Å². The third kappa shape index (κ3) is 4.12. The summed E-state index contributed by atoms with van der Waals surface area (Å²) >= 11 is 0. The first-order valence-electron chi connectivity index (χ1n) is 8.28. The third-order valence-corrected chi connectivity index (χ3v) is 3.96. The minimum absolute atomic E-state index is 0.0561. The number of hydrogen-bond donors (Lipinski definition) is 3. The summed E-state index contributed by atoms with van der Waals surface area (Å²) in [7, 11) is 0. The first-order valence-corrected chi connectivity index (χ1v) is 8.28. The van der Waals surface area contributed by atoms with E-state index in [2.05, 4.69) is 15.3 Å². The molecule has 0 radical (unpaired) electrons. The van der Waals surface area contributed by atoms with Crippen molar-refractivity contribution in [2.45, 2.75) is 6.92 Å². The minimum Gasteiger partial charge on any atom is -0.507 e. The fraction of sp³-hybridized carbons (Fsp3) is 0.100. The number of carbonyl (C=O) groups is 2. The number of carbonyl (C=O) groups excluding carboxylic acids is 1. The fourth-order valence-electron chi connectivity index (χ4n) is 2.59. The molecule has 1 aromatic heterocycles. The normalized spacial score (nSPS) is 10.5. The average molecular weight is 381 g/mol. The van der Waals surface area contributed by atoms with E-state index in [9.17, 15) is 19.1 Å². The molecule has 28 heavy (non-hydrogen) atoms. The number of carboxylic acids is 1. The van der Waals surface area contributed by atoms with E-state index < -0.39 is 17.6 Å². The lowest BCUT2D eigenvalue weighted by Gasteiger charge is -2.09. The second-order valence-corrected chi connectivity index (χ2v) is 6.06. The molecule has 0 fully saturated rings. The fourth-order valence-corrected chi connectivity index (χ4v) is 2.59. The van der Waals surface area contributed by atoms with Gasteiger partial charge in [0.25, 0.3) is 0 Å². The van der Waals surface area contributed by atoms with Crippen molar-refractivity contribution < 1.29 is 24.2 Å². The van der Waals surface area contributed by atoms with Gasteiger partial charge in [-0.25, -0.2) is 14.4 Å². The number of hydrogen-bond acceptors (Lipinski definition) is 6. The number of aryl methyl sites for hydroxylation is 1. The molecular weight excluding hydrogens is 365 g/mol. The van der Waals surface area contributed by atoms with Gasteiger partial charge >= 0.3 is 5.97 Å². The summed E-state index contributed by atoms with van der Waals surface area (Å²) in [4.78, 5) is 31.4. The lowest BCUT2D eigenvalue weighted by Crippen LogP contribution is -2.14. The number of nitrogens with one attached hydrogen (secondary N) is 1. The van der Waals surface area contributed by atoms with Crippen LogP contribution in [0.2, 0.25) is 0 Å². The summed E-state index contributed by atoms with van der Waals surface area (Å²) in [6.45, 7) is 1.35. The third-order valence-electron chi connectivity index (χ3n) is 3.96. The van der Waals surface area contributed by atoms with Gasteiger partial charge in [-0.15, -0.1) is 0 Å². The van der Waals surface area contributed by atoms with E-state index in [1.54, 1.807) is 13.0 Å². The Morgan fingerprint density at radius 2 is 1.93 bits per heavy atom. The number of phenolic OH excluding ortho intramolecular Hbond substituents is 1. The first kappa shape index (κ1) is 19.0. The molecule has 0 amide bonds. The van der Waals surface area contributed by atoms with E-state index in [1.165, 1.54) is 42.6 Å². The van der Waals surface area contributed by atoms with Gasteiger partial charge in [0.05, 0.1) is 11.3 Å². The largest absolute Gasteiger partial charge is 0.507 e. The molecule has 0 bridgehead atoms. The maximum atomic E-state index is 14.1. The van der Waals surface area contributed by atoms with E-state index in [0.717, 1.165) is 0 Å². The van der Waals surface area contributed by atoms with Gasteiger partial charge < -0.3 is 15.5 Å². The van der Waals surface area contributed by atoms with Crippen LogP contribution in [0.25, 0.3) is 11.3 Å². The lowest BCUT2D eigenvalue weighted by molar-refractivity contribution is -0.134. The Morgan fingerprint density at radius 1 is 1.14 bits per heavy atom. The number of anilines is 1. The maximum absolute atomic E-state index is 14.1. The van der Waals surface area contributed by atoms with E-state index >= 15 is 0 Å². The Kier molecular flexibility index (Phi) is 5.30. The van der Waals surface area contributed by atoms with Crippen LogP contribution < -0.4 is 5.32 Å². The van der Waals surface area contributed by atoms with Crippen molar-refractivity contribution in [2.24, 2.45) is 0 Å². The molecule has 3 rings (SSSR count). The molecule has 3 aromatic rings. The number of rotatable bonds is 6. The molecule has 0 aliphatic rings. The van der Waals surface area contributed by atoms with Crippen LogP contribution in [0, 0.1) is 12.7 Å². The smallest absolute Gasteiger partial charge is 0.322 e. The molecule has 8 heteroatoms. The number of carboxylic acid groups (broad SMARTS) is 1. The molecule has 2 aromatic carbocycles. The van der Waals surface area contributed by atoms with Crippen molar-refractivity contribution in [1.82, 2.24) is 9.97 Å². The van der Waals surface area contributed by atoms with Crippen molar-refractivity contribution in [3.05, 3.63) is 71.2 Å². The van der Waals surface area contributed by atoms with Gasteiger partial charge in [-0.05, 0) is 48.9 Å². The number of ketones is 1. The number of aromatic nitrogens is 2. The Morgan fingerprint density at radius 3 is 2.64 bits per heavy atom. The minimum atomic E-state index is -1.08. The molecule has 3 N–H and O–H groups in total. The van der Waals surface area contributed by atoms with Crippen LogP contribution >= 0.6 is 0 Å². The highest BCUT2D eigenvalue weighted by Crippen LogP contribution is 2.30. The van der Waals surface area contributed by atoms with Gasteiger partial charge in [0.15, 0.2) is 5.78 Å². The number of nitrogens with zero attached hydrogens (tertiary/aromatic N) is 2. The predicted molar refractivity (Wildman–Crippen MR) is 99.8 cm³/mol. The quantitative estimate of drug-likeness (QED) is 0.563. The zero-order valence-corrected chi connectivity index (χ0v) is 14.8. The zero-order valence-electron chi connectivity index (χ0n) is 14.8. The van der Waals surface area contributed by atoms with Crippen LogP contribution in [-0.2, 0) is 4.79 Å². The first-order chi connectivity index (χ1) is 13.3. The van der Waals surface area contributed by atoms with E-state index in [-0.39, 0.29) is 40.6 Å². The van der Waals surface area contributed by atoms with Crippen molar-refractivity contribution in [2.75, 3.05) is 11.9 Å². The lowest BCUT2D eigenvalue weighted by atomic mass is 9.98. The molecule has 0 aliphatic heterocycles. The Balaban J connectivity index is 1.97. The maximum Gasteiger partial charge on any atom is 0.322 e. The predicted octanol–water partition coefficient (Wildman–Crippen LogP) is 3.02. The highest BCUT2D eigenvalue weighted by atomic mass is 19.1. The SMILES string of the molecule is Cc1ccc(C(=O)c2ccc(O)c(-c3ccnc(NCC(=O)O)n3)c2)c(F)c1. The van der Waals surface area contributed by atoms with Gasteiger partial charge in [-0.3, -0.25) is 9.59 Å². The molecule has 0 aliphatic carbocycles. The molecule has 0 saturated carbocycles. The number of aromatic hydroxyl groups is 1. The van der Waals surface area contributed by atoms with Gasteiger partial charge in [0.1, 0.15) is 18.1 Å². The molecule has 0 atom stereocenters. The summed E-state index contributed by atoms with van der Waals surface area (Å²) in [6.07, 6.45) is 1.39. The Bertz CT molecular complexity index is 1070. The number of phenols is 1. The second-order valence-electron chi connectivity index (χ2n) is 6.06. The monoisotopic (exact) mass is 381 g/mol. The van der Waals surface area contributed by atoms with Crippen LogP contribution in [0.1, 0.15) is 21.5 Å². The van der Waals surface area contributed by atoms with E-state index in [4.69, 9.17) is 5.11 Å². The Labute approximate surface area is 159 Å². The van der Waals surface area contributed by atoms with Crippen LogP contribution in [0.3, 0.4) is 0 Å². The van der Waals surface area contributed by atoms with E-state index in [0.29, 0.717) is 5.56 Å². The highest BCUT2D eigenvalue weighted by molar-refractivity contribution is 6.09. The summed E-state index contributed by atoms with van der Waals surface area (Å²) < 4.78 is 14.1. The van der Waals surface area contributed by atoms with Crippen LogP contribution in [0.15, 0.2) is 48.7 Å². The molecule has 0 saturated heterocycles. The summed E-state index contributed by atoms with van der Waals surface area (Å²) in [5, 5.41) is 21.4. The number of halogens is 1. The van der Waals surface area contributed by atoms with Gasteiger partial charge in [-0.1, -0.05) is 6.07 Å². The topological polar surface area (TPSA) is 112 Å². The number of aliphatic carboxylic acids is 1. The highest BCUT2D eigenvalue weighted by Gasteiger charge is 2.17.